The lowest BCUT2D eigenvalue weighted by Gasteiger charge is -2.44. The summed E-state index contributed by atoms with van der Waals surface area (Å²) in [6, 6.07) is 10.9. The zero-order valence-corrected chi connectivity index (χ0v) is 15.8. The number of ether oxygens (including phenoxy) is 1. The molecule has 2 aliphatic rings. The summed E-state index contributed by atoms with van der Waals surface area (Å²) in [5.74, 6) is 0.936. The molecule has 1 aromatic carbocycles. The van der Waals surface area contributed by atoms with E-state index in [1.165, 1.54) is 44.1 Å². The fraction of sp³-hybridized carbons (Fsp3) is 0.667. The SMILES string of the molecule is CN=C(NCC1(CCOC)CCC1)NCC1(c2ccccc2)CCC1. The number of rotatable bonds is 8. The number of hydrogen-bond donors (Lipinski definition) is 2. The van der Waals surface area contributed by atoms with Crippen LogP contribution in [0, 0.1) is 5.41 Å². The van der Waals surface area contributed by atoms with Gasteiger partial charge < -0.3 is 15.4 Å². The van der Waals surface area contributed by atoms with Crippen LogP contribution < -0.4 is 10.6 Å². The molecule has 0 bridgehead atoms. The maximum absolute atomic E-state index is 5.30. The van der Waals surface area contributed by atoms with Crippen LogP contribution in [0.15, 0.2) is 35.3 Å². The van der Waals surface area contributed by atoms with Crippen LogP contribution in [0.2, 0.25) is 0 Å². The van der Waals surface area contributed by atoms with E-state index in [4.69, 9.17) is 4.74 Å². The average molecular weight is 344 g/mol. The molecule has 2 aliphatic carbocycles. The molecule has 138 valence electrons. The number of methoxy groups -OCH3 is 1. The third-order valence-electron chi connectivity index (χ3n) is 6.40. The molecular weight excluding hydrogens is 310 g/mol. The van der Waals surface area contributed by atoms with Crippen molar-refractivity contribution in [1.29, 1.82) is 0 Å². The highest BCUT2D eigenvalue weighted by atomic mass is 16.5. The van der Waals surface area contributed by atoms with Crippen molar-refractivity contribution in [3.63, 3.8) is 0 Å². The predicted octanol–water partition coefficient (Wildman–Crippen LogP) is 3.48. The summed E-state index contributed by atoms with van der Waals surface area (Å²) in [6.07, 6.45) is 8.93. The third-order valence-corrected chi connectivity index (χ3v) is 6.40. The van der Waals surface area contributed by atoms with Gasteiger partial charge in [-0.3, -0.25) is 4.99 Å². The molecule has 1 aromatic rings. The topological polar surface area (TPSA) is 45.7 Å². The monoisotopic (exact) mass is 343 g/mol. The Balaban J connectivity index is 1.52. The first-order chi connectivity index (χ1) is 12.2. The molecule has 0 spiro atoms. The van der Waals surface area contributed by atoms with E-state index >= 15 is 0 Å². The number of benzene rings is 1. The van der Waals surface area contributed by atoms with Gasteiger partial charge >= 0.3 is 0 Å². The number of aliphatic imine (C=N–C) groups is 1. The molecule has 4 nitrogen and oxygen atoms in total. The van der Waals surface area contributed by atoms with Gasteiger partial charge in [-0.25, -0.2) is 0 Å². The molecule has 0 heterocycles. The molecule has 0 unspecified atom stereocenters. The summed E-state index contributed by atoms with van der Waals surface area (Å²) in [6.45, 7) is 2.81. The van der Waals surface area contributed by atoms with Crippen molar-refractivity contribution >= 4 is 5.96 Å². The van der Waals surface area contributed by atoms with Gasteiger partial charge in [0.1, 0.15) is 0 Å². The second-order valence-corrected chi connectivity index (χ2v) is 7.88. The van der Waals surface area contributed by atoms with Gasteiger partial charge in [0.15, 0.2) is 5.96 Å². The smallest absolute Gasteiger partial charge is 0.191 e. The first-order valence-corrected chi connectivity index (χ1v) is 9.71. The van der Waals surface area contributed by atoms with Crippen LogP contribution in [0.3, 0.4) is 0 Å². The molecular formula is C21H33N3O. The van der Waals surface area contributed by atoms with Crippen molar-refractivity contribution in [1.82, 2.24) is 10.6 Å². The molecule has 25 heavy (non-hydrogen) atoms. The Morgan fingerprint density at radius 1 is 1.04 bits per heavy atom. The summed E-state index contributed by atoms with van der Waals surface area (Å²) >= 11 is 0. The van der Waals surface area contributed by atoms with Gasteiger partial charge in [0, 0.05) is 39.3 Å². The molecule has 0 radical (unpaired) electrons. The molecule has 0 atom stereocenters. The summed E-state index contributed by atoms with van der Waals surface area (Å²) < 4.78 is 5.30. The maximum atomic E-state index is 5.30. The van der Waals surface area contributed by atoms with Crippen molar-refractivity contribution in [2.24, 2.45) is 10.4 Å². The zero-order valence-electron chi connectivity index (χ0n) is 15.8. The lowest BCUT2D eigenvalue weighted by atomic mass is 9.64. The molecule has 0 aliphatic heterocycles. The highest BCUT2D eigenvalue weighted by Crippen LogP contribution is 2.44. The van der Waals surface area contributed by atoms with Gasteiger partial charge in [0.25, 0.3) is 0 Å². The Morgan fingerprint density at radius 2 is 1.72 bits per heavy atom. The molecule has 0 amide bonds. The molecule has 2 fully saturated rings. The molecule has 0 saturated heterocycles. The molecule has 3 rings (SSSR count). The van der Waals surface area contributed by atoms with Gasteiger partial charge in [-0.15, -0.1) is 0 Å². The van der Waals surface area contributed by atoms with Gasteiger partial charge in [0.05, 0.1) is 0 Å². The van der Waals surface area contributed by atoms with Crippen LogP contribution in [0.4, 0.5) is 0 Å². The number of hydrogen-bond acceptors (Lipinski definition) is 2. The van der Waals surface area contributed by atoms with E-state index in [9.17, 15) is 0 Å². The van der Waals surface area contributed by atoms with Crippen LogP contribution in [0.5, 0.6) is 0 Å². The predicted molar refractivity (Wildman–Crippen MR) is 104 cm³/mol. The van der Waals surface area contributed by atoms with Crippen LogP contribution >= 0.6 is 0 Å². The Hall–Kier alpha value is -1.55. The normalized spacial score (nSPS) is 21.1. The van der Waals surface area contributed by atoms with E-state index < -0.39 is 0 Å². The Labute approximate surface area is 152 Å². The highest BCUT2D eigenvalue weighted by Gasteiger charge is 2.39. The van der Waals surface area contributed by atoms with Crippen LogP contribution in [-0.4, -0.2) is 39.8 Å². The summed E-state index contributed by atoms with van der Waals surface area (Å²) in [5, 5.41) is 7.17. The van der Waals surface area contributed by atoms with E-state index in [0.29, 0.717) is 5.41 Å². The minimum Gasteiger partial charge on any atom is -0.385 e. The first kappa shape index (κ1) is 18.2. The van der Waals surface area contributed by atoms with E-state index in [1.54, 1.807) is 7.11 Å². The number of nitrogens with zero attached hydrogens (tertiary/aromatic N) is 1. The van der Waals surface area contributed by atoms with Crippen molar-refractivity contribution in [2.75, 3.05) is 33.9 Å². The molecule has 4 heteroatoms. The molecule has 0 aromatic heterocycles. The highest BCUT2D eigenvalue weighted by molar-refractivity contribution is 5.79. The van der Waals surface area contributed by atoms with E-state index in [-0.39, 0.29) is 5.41 Å². The lowest BCUT2D eigenvalue weighted by molar-refractivity contribution is 0.0732. The average Bonchev–Trinajstić information content (AvgIpc) is 2.58. The van der Waals surface area contributed by atoms with Crippen molar-refractivity contribution < 1.29 is 4.74 Å². The Kier molecular flexibility index (Phi) is 6.00. The lowest BCUT2D eigenvalue weighted by Crippen LogP contribution is -2.51. The van der Waals surface area contributed by atoms with Crippen molar-refractivity contribution in [2.45, 2.75) is 50.4 Å². The standard InChI is InChI=1S/C21H33N3O/c1-22-19(23-16-20(10-6-11-20)14-15-25-2)24-17-21(12-7-13-21)18-8-4-3-5-9-18/h3-5,8-9H,6-7,10-17H2,1-2H3,(H2,22,23,24). The van der Waals surface area contributed by atoms with E-state index in [1.807, 2.05) is 7.05 Å². The summed E-state index contributed by atoms with van der Waals surface area (Å²) in [5.41, 5.74) is 2.14. The minimum atomic E-state index is 0.281. The maximum Gasteiger partial charge on any atom is 0.191 e. The van der Waals surface area contributed by atoms with Crippen molar-refractivity contribution in [3.8, 4) is 0 Å². The zero-order chi connectivity index (χ0) is 17.6. The quantitative estimate of drug-likeness (QED) is 0.561. The van der Waals surface area contributed by atoms with E-state index in [0.717, 1.165) is 32.1 Å². The third kappa shape index (κ3) is 4.17. The first-order valence-electron chi connectivity index (χ1n) is 9.71. The molecule has 2 saturated carbocycles. The largest absolute Gasteiger partial charge is 0.385 e. The second kappa shape index (κ2) is 8.22. The fourth-order valence-electron chi connectivity index (χ4n) is 4.22. The van der Waals surface area contributed by atoms with Gasteiger partial charge in [-0.2, -0.15) is 0 Å². The fourth-order valence-corrected chi connectivity index (χ4v) is 4.22. The number of guanidine groups is 1. The summed E-state index contributed by atoms with van der Waals surface area (Å²) in [4.78, 5) is 4.45. The Morgan fingerprint density at radius 3 is 2.24 bits per heavy atom. The van der Waals surface area contributed by atoms with E-state index in [2.05, 4.69) is 46.0 Å². The van der Waals surface area contributed by atoms with Crippen LogP contribution in [0.25, 0.3) is 0 Å². The van der Waals surface area contributed by atoms with Gasteiger partial charge in [-0.1, -0.05) is 43.2 Å². The van der Waals surface area contributed by atoms with Crippen molar-refractivity contribution in [3.05, 3.63) is 35.9 Å². The molecule has 2 N–H and O–H groups in total. The Bertz CT molecular complexity index is 562. The second-order valence-electron chi connectivity index (χ2n) is 7.88. The number of nitrogens with one attached hydrogen (secondary N) is 2. The van der Waals surface area contributed by atoms with Crippen LogP contribution in [0.1, 0.15) is 50.5 Å². The van der Waals surface area contributed by atoms with Gasteiger partial charge in [-0.05, 0) is 43.1 Å². The summed E-state index contributed by atoms with van der Waals surface area (Å²) in [7, 11) is 3.66. The van der Waals surface area contributed by atoms with Crippen LogP contribution in [-0.2, 0) is 10.2 Å². The minimum absolute atomic E-state index is 0.281. The van der Waals surface area contributed by atoms with Gasteiger partial charge in [0.2, 0.25) is 0 Å².